The molecule has 128 valence electrons. The SMILES string of the molecule is Cc1[nH]n(-c2ccccc2)c(=O)c1[C@H](c1ccc(Cl)cc1)C(C#N)C#N. The molecule has 0 saturated carbocycles. The van der Waals surface area contributed by atoms with Crippen molar-refractivity contribution in [2.75, 3.05) is 0 Å². The first kappa shape index (κ1) is 17.5. The minimum Gasteiger partial charge on any atom is -0.295 e. The highest BCUT2D eigenvalue weighted by Crippen LogP contribution is 2.32. The molecule has 0 fully saturated rings. The third kappa shape index (κ3) is 3.13. The van der Waals surface area contributed by atoms with Crippen LogP contribution in [0.5, 0.6) is 0 Å². The van der Waals surface area contributed by atoms with Crippen LogP contribution in [0.1, 0.15) is 22.7 Å². The van der Waals surface area contributed by atoms with Crippen LogP contribution in [0.2, 0.25) is 5.02 Å². The molecule has 1 heterocycles. The smallest absolute Gasteiger partial charge is 0.275 e. The number of hydrogen-bond acceptors (Lipinski definition) is 3. The summed E-state index contributed by atoms with van der Waals surface area (Å²) >= 11 is 5.95. The predicted octanol–water partition coefficient (Wildman–Crippen LogP) is 3.92. The summed E-state index contributed by atoms with van der Waals surface area (Å²) in [6, 6.07) is 20.0. The number of H-pyrrole nitrogens is 1. The summed E-state index contributed by atoms with van der Waals surface area (Å²) in [4.78, 5) is 13.1. The third-order valence-electron chi connectivity index (χ3n) is 4.28. The van der Waals surface area contributed by atoms with E-state index in [2.05, 4.69) is 5.10 Å². The molecule has 1 N–H and O–H groups in total. The summed E-state index contributed by atoms with van der Waals surface area (Å²) in [5.41, 5.74) is 2.14. The van der Waals surface area contributed by atoms with Crippen LogP contribution < -0.4 is 5.56 Å². The van der Waals surface area contributed by atoms with Crippen molar-refractivity contribution in [1.29, 1.82) is 10.5 Å². The lowest BCUT2D eigenvalue weighted by Gasteiger charge is -2.17. The van der Waals surface area contributed by atoms with Crippen LogP contribution in [0.25, 0.3) is 5.69 Å². The fourth-order valence-corrected chi connectivity index (χ4v) is 3.18. The van der Waals surface area contributed by atoms with E-state index in [1.54, 1.807) is 31.2 Å². The van der Waals surface area contributed by atoms with E-state index in [0.717, 1.165) is 0 Å². The number of nitrogens with zero attached hydrogens (tertiary/aromatic N) is 3. The quantitative estimate of drug-likeness (QED) is 0.763. The average Bonchev–Trinajstić information content (AvgIpc) is 2.96. The Morgan fingerprint density at radius 3 is 2.23 bits per heavy atom. The first-order valence-corrected chi connectivity index (χ1v) is 8.36. The third-order valence-corrected chi connectivity index (χ3v) is 4.54. The molecule has 3 rings (SSSR count). The van der Waals surface area contributed by atoms with Gasteiger partial charge in [0.25, 0.3) is 5.56 Å². The maximum atomic E-state index is 13.1. The van der Waals surface area contributed by atoms with Gasteiger partial charge in [0.05, 0.1) is 17.8 Å². The number of halogens is 1. The van der Waals surface area contributed by atoms with Gasteiger partial charge in [0, 0.05) is 22.2 Å². The van der Waals surface area contributed by atoms with E-state index < -0.39 is 11.8 Å². The molecule has 0 aliphatic rings. The van der Waals surface area contributed by atoms with E-state index >= 15 is 0 Å². The Bertz CT molecular complexity index is 1040. The minimum atomic E-state index is -0.998. The molecule has 0 spiro atoms. The van der Waals surface area contributed by atoms with Crippen molar-refractivity contribution in [3.05, 3.63) is 86.8 Å². The maximum absolute atomic E-state index is 13.1. The summed E-state index contributed by atoms with van der Waals surface area (Å²) in [7, 11) is 0. The van der Waals surface area contributed by atoms with Crippen LogP contribution in [0.4, 0.5) is 0 Å². The number of aromatic amines is 1. The van der Waals surface area contributed by atoms with E-state index in [1.807, 2.05) is 42.5 Å². The number of nitrogens with one attached hydrogen (secondary N) is 1. The highest BCUT2D eigenvalue weighted by molar-refractivity contribution is 6.30. The average molecular weight is 363 g/mol. The molecular formula is C20H15ClN4O. The van der Waals surface area contributed by atoms with Crippen molar-refractivity contribution in [3.8, 4) is 17.8 Å². The summed E-state index contributed by atoms with van der Waals surface area (Å²) in [5, 5.41) is 22.5. The van der Waals surface area contributed by atoms with Crippen LogP contribution >= 0.6 is 11.6 Å². The predicted molar refractivity (Wildman–Crippen MR) is 99.1 cm³/mol. The Kier molecular flexibility index (Phi) is 4.93. The van der Waals surface area contributed by atoms with Crippen molar-refractivity contribution >= 4 is 11.6 Å². The summed E-state index contributed by atoms with van der Waals surface area (Å²) < 4.78 is 1.43. The molecule has 0 aliphatic heterocycles. The fraction of sp³-hybridized carbons (Fsp3) is 0.150. The van der Waals surface area contributed by atoms with Crippen LogP contribution in [0.15, 0.2) is 59.4 Å². The number of nitriles is 2. The molecule has 0 bridgehead atoms. The molecule has 0 radical (unpaired) electrons. The summed E-state index contributed by atoms with van der Waals surface area (Å²) in [6.45, 7) is 1.77. The van der Waals surface area contributed by atoms with E-state index in [1.165, 1.54) is 4.68 Å². The van der Waals surface area contributed by atoms with E-state index in [-0.39, 0.29) is 5.56 Å². The molecule has 0 amide bonds. The fourth-order valence-electron chi connectivity index (χ4n) is 3.06. The molecule has 0 aliphatic carbocycles. The van der Waals surface area contributed by atoms with E-state index in [4.69, 9.17) is 11.6 Å². The molecule has 6 heteroatoms. The zero-order valence-electron chi connectivity index (χ0n) is 14.0. The Morgan fingerprint density at radius 2 is 1.65 bits per heavy atom. The number of hydrogen-bond donors (Lipinski definition) is 1. The lowest BCUT2D eigenvalue weighted by Crippen LogP contribution is -2.23. The van der Waals surface area contributed by atoms with Gasteiger partial charge in [-0.1, -0.05) is 41.9 Å². The van der Waals surface area contributed by atoms with Crippen LogP contribution in [0.3, 0.4) is 0 Å². The molecule has 26 heavy (non-hydrogen) atoms. The zero-order valence-corrected chi connectivity index (χ0v) is 14.7. The van der Waals surface area contributed by atoms with Gasteiger partial charge in [-0.25, -0.2) is 4.68 Å². The number of benzene rings is 2. The van der Waals surface area contributed by atoms with Crippen molar-refractivity contribution in [2.45, 2.75) is 12.8 Å². The van der Waals surface area contributed by atoms with Gasteiger partial charge in [-0.15, -0.1) is 0 Å². The van der Waals surface area contributed by atoms with Gasteiger partial charge < -0.3 is 0 Å². The lowest BCUT2D eigenvalue weighted by molar-refractivity contribution is 0.699. The lowest BCUT2D eigenvalue weighted by atomic mass is 9.82. The van der Waals surface area contributed by atoms with E-state index in [0.29, 0.717) is 27.5 Å². The molecule has 3 aromatic rings. The van der Waals surface area contributed by atoms with Gasteiger partial charge in [0.15, 0.2) is 0 Å². The van der Waals surface area contributed by atoms with Gasteiger partial charge in [-0.05, 0) is 36.8 Å². The van der Waals surface area contributed by atoms with E-state index in [9.17, 15) is 15.3 Å². The largest absolute Gasteiger partial charge is 0.295 e. The number of rotatable bonds is 4. The number of para-hydroxylation sites is 1. The Morgan fingerprint density at radius 1 is 1.04 bits per heavy atom. The molecular weight excluding hydrogens is 348 g/mol. The Balaban J connectivity index is 2.21. The van der Waals surface area contributed by atoms with Crippen molar-refractivity contribution in [3.63, 3.8) is 0 Å². The second kappa shape index (κ2) is 7.31. The minimum absolute atomic E-state index is 0.274. The van der Waals surface area contributed by atoms with Crippen molar-refractivity contribution in [2.24, 2.45) is 5.92 Å². The topological polar surface area (TPSA) is 85.4 Å². The molecule has 5 nitrogen and oxygen atoms in total. The standard InChI is InChI=1S/C20H15ClN4O/c1-13-18(20(26)25(24-13)17-5-3-2-4-6-17)19(15(11-22)12-23)14-7-9-16(21)10-8-14/h2-10,15,19,24H,1H3/t19-/m1/s1. The van der Waals surface area contributed by atoms with Crippen molar-refractivity contribution in [1.82, 2.24) is 9.78 Å². The van der Waals surface area contributed by atoms with Crippen LogP contribution in [-0.4, -0.2) is 9.78 Å². The summed E-state index contributed by atoms with van der Waals surface area (Å²) in [5.74, 6) is -1.67. The van der Waals surface area contributed by atoms with Crippen LogP contribution in [-0.2, 0) is 0 Å². The van der Waals surface area contributed by atoms with Crippen LogP contribution in [0, 0.1) is 35.5 Å². The normalized spacial score (nSPS) is 11.7. The van der Waals surface area contributed by atoms with Gasteiger partial charge >= 0.3 is 0 Å². The first-order chi connectivity index (χ1) is 12.6. The molecule has 1 atom stereocenters. The Labute approximate surface area is 155 Å². The second-order valence-corrected chi connectivity index (χ2v) is 6.33. The molecule has 1 aromatic heterocycles. The highest BCUT2D eigenvalue weighted by Gasteiger charge is 2.31. The van der Waals surface area contributed by atoms with Gasteiger partial charge in [0.1, 0.15) is 5.92 Å². The Hall–Kier alpha value is -3.28. The van der Waals surface area contributed by atoms with Gasteiger partial charge in [0.2, 0.25) is 0 Å². The maximum Gasteiger partial charge on any atom is 0.275 e. The molecule has 2 aromatic carbocycles. The zero-order chi connectivity index (χ0) is 18.7. The monoisotopic (exact) mass is 362 g/mol. The molecule has 0 saturated heterocycles. The molecule has 0 unspecified atom stereocenters. The van der Waals surface area contributed by atoms with Gasteiger partial charge in [-0.3, -0.25) is 9.89 Å². The highest BCUT2D eigenvalue weighted by atomic mass is 35.5. The second-order valence-electron chi connectivity index (χ2n) is 5.89. The van der Waals surface area contributed by atoms with Gasteiger partial charge in [-0.2, -0.15) is 10.5 Å². The summed E-state index contributed by atoms with van der Waals surface area (Å²) in [6.07, 6.45) is 0. The first-order valence-electron chi connectivity index (χ1n) is 7.98. The van der Waals surface area contributed by atoms with Crippen molar-refractivity contribution < 1.29 is 0 Å². The number of aromatic nitrogens is 2. The number of aryl methyl sites for hydroxylation is 1.